The monoisotopic (exact) mass is 198 g/mol. The molecule has 0 saturated carbocycles. The van der Waals surface area contributed by atoms with Crippen LogP contribution < -0.4 is 16.0 Å². The summed E-state index contributed by atoms with van der Waals surface area (Å²) < 4.78 is 4.95. The molecule has 78 valence electrons. The summed E-state index contributed by atoms with van der Waals surface area (Å²) in [5.41, 5.74) is 8.74. The number of nitrogens with one attached hydrogen (secondary N) is 1. The molecule has 0 bridgehead atoms. The number of aryl methyl sites for hydroxylation is 1. The standard InChI is InChI=1S/C9H14N2O3/c1-5-3-6(9(10)11-13)4-7(14-2)8(5)12/h3-4,9,11-13H,10H2,1-2H3. The van der Waals surface area contributed by atoms with Gasteiger partial charge in [-0.3, -0.25) is 0 Å². The third-order valence-electron chi connectivity index (χ3n) is 2.01. The van der Waals surface area contributed by atoms with Gasteiger partial charge in [0.05, 0.1) is 7.11 Å². The molecule has 0 aliphatic carbocycles. The van der Waals surface area contributed by atoms with Crippen molar-refractivity contribution in [3.8, 4) is 11.5 Å². The van der Waals surface area contributed by atoms with Gasteiger partial charge >= 0.3 is 0 Å². The fourth-order valence-electron chi connectivity index (χ4n) is 1.18. The maximum atomic E-state index is 9.53. The molecule has 0 amide bonds. The zero-order valence-electron chi connectivity index (χ0n) is 8.11. The fraction of sp³-hybridized carbons (Fsp3) is 0.333. The summed E-state index contributed by atoms with van der Waals surface area (Å²) in [6.45, 7) is 1.73. The van der Waals surface area contributed by atoms with Crippen molar-refractivity contribution in [2.24, 2.45) is 5.73 Å². The van der Waals surface area contributed by atoms with E-state index in [0.717, 1.165) is 0 Å². The molecule has 5 N–H and O–H groups in total. The van der Waals surface area contributed by atoms with Crippen LogP contribution in [0.4, 0.5) is 0 Å². The molecule has 14 heavy (non-hydrogen) atoms. The molecule has 5 nitrogen and oxygen atoms in total. The molecule has 0 heterocycles. The van der Waals surface area contributed by atoms with Crippen molar-refractivity contribution in [2.45, 2.75) is 13.1 Å². The largest absolute Gasteiger partial charge is 0.504 e. The van der Waals surface area contributed by atoms with Gasteiger partial charge in [0.25, 0.3) is 0 Å². The molecule has 0 radical (unpaired) electrons. The number of nitrogens with two attached hydrogens (primary N) is 1. The van der Waals surface area contributed by atoms with Gasteiger partial charge in [0, 0.05) is 0 Å². The van der Waals surface area contributed by atoms with E-state index in [4.69, 9.17) is 15.7 Å². The highest BCUT2D eigenvalue weighted by atomic mass is 16.5. The van der Waals surface area contributed by atoms with Crippen LogP contribution in [-0.2, 0) is 0 Å². The van der Waals surface area contributed by atoms with Gasteiger partial charge in [0.1, 0.15) is 6.17 Å². The van der Waals surface area contributed by atoms with E-state index in [1.165, 1.54) is 7.11 Å². The molecule has 1 unspecified atom stereocenters. The second kappa shape index (κ2) is 4.28. The van der Waals surface area contributed by atoms with Crippen LogP contribution in [0, 0.1) is 6.92 Å². The first-order valence-corrected chi connectivity index (χ1v) is 4.12. The number of benzene rings is 1. The van der Waals surface area contributed by atoms with Gasteiger partial charge in [-0.15, -0.1) is 0 Å². The summed E-state index contributed by atoms with van der Waals surface area (Å²) in [6, 6.07) is 3.24. The molecule has 5 heteroatoms. The molecule has 0 aliphatic rings. The highest BCUT2D eigenvalue weighted by Gasteiger charge is 2.11. The minimum atomic E-state index is -0.691. The Labute approximate surface area is 82.1 Å². The number of hydrogen-bond acceptors (Lipinski definition) is 5. The number of rotatable bonds is 3. The Kier molecular flexibility index (Phi) is 3.29. The van der Waals surface area contributed by atoms with E-state index in [2.05, 4.69) is 0 Å². The number of ether oxygens (including phenoxy) is 1. The van der Waals surface area contributed by atoms with E-state index in [1.807, 2.05) is 5.48 Å². The van der Waals surface area contributed by atoms with E-state index in [0.29, 0.717) is 16.9 Å². The minimum Gasteiger partial charge on any atom is -0.504 e. The minimum absolute atomic E-state index is 0.0846. The van der Waals surface area contributed by atoms with Crippen LogP contribution in [0.15, 0.2) is 12.1 Å². The highest BCUT2D eigenvalue weighted by molar-refractivity contribution is 5.48. The topological polar surface area (TPSA) is 87.7 Å². The summed E-state index contributed by atoms with van der Waals surface area (Å²) in [6.07, 6.45) is -0.691. The van der Waals surface area contributed by atoms with Crippen molar-refractivity contribution in [1.29, 1.82) is 0 Å². The number of phenols is 1. The first-order valence-electron chi connectivity index (χ1n) is 4.12. The van der Waals surface area contributed by atoms with Gasteiger partial charge in [-0.25, -0.2) is 0 Å². The third-order valence-corrected chi connectivity index (χ3v) is 2.01. The molecule has 0 saturated heterocycles. The maximum Gasteiger partial charge on any atom is 0.161 e. The average molecular weight is 198 g/mol. The molecule has 0 aliphatic heterocycles. The van der Waals surface area contributed by atoms with Gasteiger partial charge < -0.3 is 20.8 Å². The summed E-state index contributed by atoms with van der Waals surface area (Å²) in [5, 5.41) is 18.2. The van der Waals surface area contributed by atoms with Crippen molar-refractivity contribution >= 4 is 0 Å². The van der Waals surface area contributed by atoms with Gasteiger partial charge in [-0.1, -0.05) is 0 Å². The molecule has 1 atom stereocenters. The Morgan fingerprint density at radius 1 is 1.50 bits per heavy atom. The quantitative estimate of drug-likeness (QED) is 0.423. The normalized spacial score (nSPS) is 12.6. The Morgan fingerprint density at radius 3 is 2.64 bits per heavy atom. The predicted octanol–water partition coefficient (Wildman–Crippen LogP) is 0.645. The lowest BCUT2D eigenvalue weighted by atomic mass is 10.1. The zero-order chi connectivity index (χ0) is 10.7. The summed E-state index contributed by atoms with van der Waals surface area (Å²) in [4.78, 5) is 0. The van der Waals surface area contributed by atoms with Crippen LogP contribution in [0.25, 0.3) is 0 Å². The highest BCUT2D eigenvalue weighted by Crippen LogP contribution is 2.31. The number of hydroxylamine groups is 1. The van der Waals surface area contributed by atoms with Crippen LogP contribution in [-0.4, -0.2) is 17.4 Å². The molecular weight excluding hydrogens is 184 g/mol. The van der Waals surface area contributed by atoms with Gasteiger partial charge in [-0.2, -0.15) is 5.48 Å². The van der Waals surface area contributed by atoms with Crippen molar-refractivity contribution in [3.05, 3.63) is 23.3 Å². The van der Waals surface area contributed by atoms with Gasteiger partial charge in [0.2, 0.25) is 0 Å². The number of hydrogen-bond donors (Lipinski definition) is 4. The van der Waals surface area contributed by atoms with Crippen LogP contribution in [0.5, 0.6) is 11.5 Å². The second-order valence-corrected chi connectivity index (χ2v) is 3.00. The predicted molar refractivity (Wildman–Crippen MR) is 51.2 cm³/mol. The molecule has 0 aromatic heterocycles. The number of phenolic OH excluding ortho intramolecular Hbond substituents is 1. The Bertz CT molecular complexity index is 328. The Balaban J connectivity index is 3.16. The molecule has 1 rings (SSSR count). The van der Waals surface area contributed by atoms with Crippen molar-refractivity contribution in [1.82, 2.24) is 5.48 Å². The van der Waals surface area contributed by atoms with Crippen LogP contribution in [0.1, 0.15) is 17.3 Å². The third kappa shape index (κ3) is 1.95. The van der Waals surface area contributed by atoms with Crippen LogP contribution in [0.3, 0.4) is 0 Å². The first-order chi connectivity index (χ1) is 6.60. The first kappa shape index (κ1) is 10.8. The van der Waals surface area contributed by atoms with Gasteiger partial charge in [0.15, 0.2) is 11.5 Å². The summed E-state index contributed by atoms with van der Waals surface area (Å²) >= 11 is 0. The SMILES string of the molecule is COc1cc(C(N)NO)cc(C)c1O. The van der Waals surface area contributed by atoms with Gasteiger partial charge in [-0.05, 0) is 30.2 Å². The molecule has 1 aromatic rings. The fourth-order valence-corrected chi connectivity index (χ4v) is 1.18. The smallest absolute Gasteiger partial charge is 0.161 e. The lowest BCUT2D eigenvalue weighted by molar-refractivity contribution is 0.128. The molecule has 0 fully saturated rings. The van der Waals surface area contributed by atoms with E-state index >= 15 is 0 Å². The molecule has 1 aromatic carbocycles. The summed E-state index contributed by atoms with van der Waals surface area (Å²) in [7, 11) is 1.45. The second-order valence-electron chi connectivity index (χ2n) is 3.00. The van der Waals surface area contributed by atoms with Crippen molar-refractivity contribution in [2.75, 3.05) is 7.11 Å². The number of aromatic hydroxyl groups is 1. The number of methoxy groups -OCH3 is 1. The zero-order valence-corrected chi connectivity index (χ0v) is 8.11. The maximum absolute atomic E-state index is 9.53. The van der Waals surface area contributed by atoms with E-state index in [9.17, 15) is 5.11 Å². The summed E-state index contributed by atoms with van der Waals surface area (Å²) in [5.74, 6) is 0.423. The Morgan fingerprint density at radius 2 is 2.14 bits per heavy atom. The molecule has 0 spiro atoms. The lowest BCUT2D eigenvalue weighted by Gasteiger charge is -2.13. The lowest BCUT2D eigenvalue weighted by Crippen LogP contribution is -2.25. The van der Waals surface area contributed by atoms with Crippen LogP contribution in [0.2, 0.25) is 0 Å². The van der Waals surface area contributed by atoms with Crippen molar-refractivity contribution < 1.29 is 15.1 Å². The van der Waals surface area contributed by atoms with Crippen molar-refractivity contribution in [3.63, 3.8) is 0 Å². The van der Waals surface area contributed by atoms with E-state index in [-0.39, 0.29) is 5.75 Å². The molecular formula is C9H14N2O3. The van der Waals surface area contributed by atoms with Crippen LogP contribution >= 0.6 is 0 Å². The average Bonchev–Trinajstić information content (AvgIpc) is 2.20. The van der Waals surface area contributed by atoms with E-state index in [1.54, 1.807) is 19.1 Å². The Hall–Kier alpha value is -1.30. The van der Waals surface area contributed by atoms with E-state index < -0.39 is 6.17 Å².